The summed E-state index contributed by atoms with van der Waals surface area (Å²) in [4.78, 5) is 13.2. The molecule has 2 N–H and O–H groups in total. The minimum Gasteiger partial charge on any atom is -0.315 e. The summed E-state index contributed by atoms with van der Waals surface area (Å²) in [5.74, 6) is 0. The molecule has 19 heavy (non-hydrogen) atoms. The molecule has 0 unspecified atom stereocenters. The number of nitrogens with one attached hydrogen (secondary N) is 2. The predicted molar refractivity (Wildman–Crippen MR) is 76.7 cm³/mol. The van der Waals surface area contributed by atoms with Crippen LogP contribution in [0.3, 0.4) is 0 Å². The molecule has 1 aromatic heterocycles. The lowest BCUT2D eigenvalue weighted by molar-refractivity contribution is 0.602. The minimum absolute atomic E-state index is 0.0193. The van der Waals surface area contributed by atoms with Gasteiger partial charge in [0.15, 0.2) is 4.21 Å². The zero-order chi connectivity index (χ0) is 14.2. The van der Waals surface area contributed by atoms with Gasteiger partial charge in [-0.05, 0) is 31.5 Å². The fourth-order valence-electron chi connectivity index (χ4n) is 1.50. The molecule has 5 nitrogen and oxygen atoms in total. The molecule has 0 amide bonds. The van der Waals surface area contributed by atoms with Crippen molar-refractivity contribution in [2.75, 3.05) is 4.72 Å². The van der Waals surface area contributed by atoms with Gasteiger partial charge >= 0.3 is 4.87 Å². The SMILES string of the molecule is Cc1ccc(NS(=O)(=O)c2sc(=O)[nH]c2C)cc1Cl. The molecule has 0 aliphatic carbocycles. The van der Waals surface area contributed by atoms with Gasteiger partial charge in [-0.15, -0.1) is 0 Å². The first-order chi connectivity index (χ1) is 8.79. The van der Waals surface area contributed by atoms with E-state index in [-0.39, 0.29) is 4.21 Å². The zero-order valence-electron chi connectivity index (χ0n) is 10.2. The van der Waals surface area contributed by atoms with Crippen LogP contribution in [0.15, 0.2) is 27.2 Å². The molecule has 0 saturated heterocycles. The highest BCUT2D eigenvalue weighted by molar-refractivity contribution is 7.94. The van der Waals surface area contributed by atoms with E-state index in [9.17, 15) is 13.2 Å². The van der Waals surface area contributed by atoms with Crippen molar-refractivity contribution < 1.29 is 8.42 Å². The second kappa shape index (κ2) is 4.99. The quantitative estimate of drug-likeness (QED) is 0.912. The number of aromatic nitrogens is 1. The Morgan fingerprint density at radius 1 is 1.32 bits per heavy atom. The molecule has 0 fully saturated rings. The Labute approximate surface area is 119 Å². The monoisotopic (exact) mass is 318 g/mol. The van der Waals surface area contributed by atoms with Gasteiger partial charge in [-0.2, -0.15) is 0 Å². The maximum Gasteiger partial charge on any atom is 0.306 e. The highest BCUT2D eigenvalue weighted by Gasteiger charge is 2.20. The number of H-pyrrole nitrogens is 1. The highest BCUT2D eigenvalue weighted by atomic mass is 35.5. The Morgan fingerprint density at radius 2 is 2.00 bits per heavy atom. The van der Waals surface area contributed by atoms with Gasteiger partial charge in [0, 0.05) is 10.7 Å². The molecule has 2 rings (SSSR count). The first-order valence-electron chi connectivity index (χ1n) is 5.28. The maximum atomic E-state index is 12.1. The lowest BCUT2D eigenvalue weighted by Gasteiger charge is -2.08. The third kappa shape index (κ3) is 2.99. The van der Waals surface area contributed by atoms with Crippen molar-refractivity contribution in [3.8, 4) is 0 Å². The molecule has 0 saturated carbocycles. The van der Waals surface area contributed by atoms with Crippen LogP contribution in [0.4, 0.5) is 5.69 Å². The third-order valence-electron chi connectivity index (χ3n) is 2.45. The Balaban J connectivity index is 2.39. The van der Waals surface area contributed by atoms with Crippen molar-refractivity contribution >= 4 is 38.6 Å². The van der Waals surface area contributed by atoms with E-state index >= 15 is 0 Å². The average Bonchev–Trinajstić information content (AvgIpc) is 2.63. The number of hydrogen-bond acceptors (Lipinski definition) is 4. The van der Waals surface area contributed by atoms with Crippen LogP contribution in [0, 0.1) is 13.8 Å². The van der Waals surface area contributed by atoms with Crippen LogP contribution in [0.5, 0.6) is 0 Å². The summed E-state index contributed by atoms with van der Waals surface area (Å²) >= 11 is 6.59. The Kier molecular flexibility index (Phi) is 3.71. The van der Waals surface area contributed by atoms with E-state index in [1.807, 2.05) is 6.92 Å². The molecule has 0 atom stereocenters. The minimum atomic E-state index is -3.77. The van der Waals surface area contributed by atoms with Gasteiger partial charge in [-0.1, -0.05) is 29.0 Å². The van der Waals surface area contributed by atoms with E-state index in [0.29, 0.717) is 27.7 Å². The third-order valence-corrected chi connectivity index (χ3v) is 5.84. The van der Waals surface area contributed by atoms with E-state index < -0.39 is 14.9 Å². The van der Waals surface area contributed by atoms with Gasteiger partial charge in [0.2, 0.25) is 0 Å². The van der Waals surface area contributed by atoms with Crippen molar-refractivity contribution in [1.29, 1.82) is 0 Å². The Bertz CT molecular complexity index is 777. The van der Waals surface area contributed by atoms with Crippen LogP contribution >= 0.6 is 22.9 Å². The number of benzene rings is 1. The maximum absolute atomic E-state index is 12.1. The van der Waals surface area contributed by atoms with Crippen molar-refractivity contribution in [3.05, 3.63) is 44.1 Å². The number of aromatic amines is 1. The van der Waals surface area contributed by atoms with E-state index in [4.69, 9.17) is 11.6 Å². The summed E-state index contributed by atoms with van der Waals surface area (Å²) < 4.78 is 26.6. The summed E-state index contributed by atoms with van der Waals surface area (Å²) in [6.45, 7) is 3.36. The molecular weight excluding hydrogens is 308 g/mol. The second-order valence-corrected chi connectivity index (χ2v) is 7.26. The van der Waals surface area contributed by atoms with E-state index in [0.717, 1.165) is 5.56 Å². The lowest BCUT2D eigenvalue weighted by atomic mass is 10.2. The summed E-state index contributed by atoms with van der Waals surface area (Å²) in [6, 6.07) is 4.86. The average molecular weight is 319 g/mol. The number of anilines is 1. The van der Waals surface area contributed by atoms with Crippen LogP contribution in [0.1, 0.15) is 11.3 Å². The molecule has 0 radical (unpaired) electrons. The van der Waals surface area contributed by atoms with Crippen molar-refractivity contribution in [1.82, 2.24) is 4.98 Å². The van der Waals surface area contributed by atoms with Gasteiger partial charge in [0.25, 0.3) is 10.0 Å². The van der Waals surface area contributed by atoms with Gasteiger partial charge in [-0.3, -0.25) is 9.52 Å². The number of hydrogen-bond donors (Lipinski definition) is 2. The lowest BCUT2D eigenvalue weighted by Crippen LogP contribution is -2.12. The predicted octanol–water partition coefficient (Wildman–Crippen LogP) is 2.51. The van der Waals surface area contributed by atoms with Crippen molar-refractivity contribution in [2.24, 2.45) is 0 Å². The van der Waals surface area contributed by atoms with Gasteiger partial charge in [-0.25, -0.2) is 8.42 Å². The molecule has 8 heteroatoms. The molecule has 2 aromatic rings. The Hall–Kier alpha value is -1.31. The fraction of sp³-hybridized carbons (Fsp3) is 0.182. The molecule has 0 spiro atoms. The smallest absolute Gasteiger partial charge is 0.306 e. The van der Waals surface area contributed by atoms with Crippen LogP contribution in [0.25, 0.3) is 0 Å². The molecule has 102 valence electrons. The van der Waals surface area contributed by atoms with Gasteiger partial charge in [0.05, 0.1) is 5.69 Å². The number of thiazole rings is 1. The Morgan fingerprint density at radius 3 is 2.53 bits per heavy atom. The number of sulfonamides is 1. The van der Waals surface area contributed by atoms with Crippen LogP contribution in [0.2, 0.25) is 5.02 Å². The van der Waals surface area contributed by atoms with Crippen molar-refractivity contribution in [2.45, 2.75) is 18.1 Å². The standard InChI is InChI=1S/C11H11ClN2O3S2/c1-6-3-4-8(5-9(6)12)14-19(16,17)10-7(2)13-11(15)18-10/h3-5,14H,1-2H3,(H,13,15). The molecular formula is C11H11ClN2O3S2. The summed E-state index contributed by atoms with van der Waals surface area (Å²) in [5, 5.41) is 0.471. The van der Waals surface area contributed by atoms with E-state index in [1.54, 1.807) is 12.1 Å². The highest BCUT2D eigenvalue weighted by Crippen LogP contribution is 2.24. The molecule has 1 heterocycles. The molecule has 0 aliphatic rings. The first kappa shape index (κ1) is 14.1. The summed E-state index contributed by atoms with van der Waals surface area (Å²) in [7, 11) is -3.77. The molecule has 1 aromatic carbocycles. The normalized spacial score (nSPS) is 11.5. The van der Waals surface area contributed by atoms with Crippen LogP contribution < -0.4 is 9.60 Å². The van der Waals surface area contributed by atoms with Gasteiger partial charge < -0.3 is 4.98 Å². The van der Waals surface area contributed by atoms with E-state index in [1.165, 1.54) is 13.0 Å². The molecule has 0 bridgehead atoms. The topological polar surface area (TPSA) is 79.0 Å². The largest absolute Gasteiger partial charge is 0.315 e. The summed E-state index contributed by atoms with van der Waals surface area (Å²) in [6.07, 6.45) is 0. The number of rotatable bonds is 3. The number of aryl methyl sites for hydroxylation is 2. The van der Waals surface area contributed by atoms with E-state index in [2.05, 4.69) is 9.71 Å². The zero-order valence-corrected chi connectivity index (χ0v) is 12.5. The number of halogens is 1. The van der Waals surface area contributed by atoms with Crippen LogP contribution in [-0.4, -0.2) is 13.4 Å². The summed E-state index contributed by atoms with van der Waals surface area (Å²) in [5.41, 5.74) is 1.53. The fourth-order valence-corrected chi connectivity index (χ4v) is 4.04. The van der Waals surface area contributed by atoms with Crippen LogP contribution in [-0.2, 0) is 10.0 Å². The second-order valence-electron chi connectivity index (χ2n) is 4.00. The van der Waals surface area contributed by atoms with Crippen molar-refractivity contribution in [3.63, 3.8) is 0 Å². The first-order valence-corrected chi connectivity index (χ1v) is 7.96. The van der Waals surface area contributed by atoms with Gasteiger partial charge in [0.1, 0.15) is 0 Å². The molecule has 0 aliphatic heterocycles.